The molecule has 1 aromatic rings. The molecule has 0 atom stereocenters. The molecule has 0 fully saturated rings. The Balaban J connectivity index is 2.58. The van der Waals surface area contributed by atoms with Gasteiger partial charge in [0.05, 0.1) is 16.8 Å². The number of nitrogens with zero attached hydrogens (tertiary/aromatic N) is 1. The molecular weight excluding hydrogens is 241 g/mol. The summed E-state index contributed by atoms with van der Waals surface area (Å²) in [7, 11) is 0. The smallest absolute Gasteiger partial charge is 0.227 e. The fraction of sp³-hybridized carbons (Fsp3) is 0.250. The van der Waals surface area contributed by atoms with Crippen molar-refractivity contribution in [3.8, 4) is 0 Å². The van der Waals surface area contributed by atoms with E-state index in [0.29, 0.717) is 11.3 Å². The number of fused-ring (bicyclic) bond motifs is 1. The van der Waals surface area contributed by atoms with Crippen LogP contribution < -0.4 is 0 Å². The summed E-state index contributed by atoms with van der Waals surface area (Å²) in [5.41, 5.74) is 0.816. The minimum absolute atomic E-state index is 0.0484. The Hall–Kier alpha value is -0.810. The molecule has 2 heterocycles. The monoisotopic (exact) mass is 245 g/mol. The van der Waals surface area contributed by atoms with Crippen LogP contribution in [-0.2, 0) is 11.3 Å². The zero-order valence-corrected chi connectivity index (χ0v) is 8.10. The van der Waals surface area contributed by atoms with E-state index in [9.17, 15) is 9.18 Å². The highest BCUT2D eigenvalue weighted by molar-refractivity contribution is 9.10. The third-order valence-corrected chi connectivity index (χ3v) is 2.34. The molecule has 0 aliphatic carbocycles. The zero-order chi connectivity index (χ0) is 9.42. The van der Waals surface area contributed by atoms with E-state index in [1.165, 1.54) is 6.07 Å². The highest BCUT2D eigenvalue weighted by atomic mass is 79.9. The Bertz CT molecular complexity index is 381. The standard InChI is InChI=1S/C8H5BrFNO2/c9-5-1-4-6(11-8(5)10)2-13-3-7(4)12/h1H,2-3H2. The number of hydrogen-bond donors (Lipinski definition) is 0. The first-order valence-electron chi connectivity index (χ1n) is 3.64. The molecule has 13 heavy (non-hydrogen) atoms. The van der Waals surface area contributed by atoms with Gasteiger partial charge in [-0.25, -0.2) is 4.98 Å². The summed E-state index contributed by atoms with van der Waals surface area (Å²) in [6.07, 6.45) is 0. The van der Waals surface area contributed by atoms with Gasteiger partial charge in [0.15, 0.2) is 5.78 Å². The average Bonchev–Trinajstić information content (AvgIpc) is 2.09. The van der Waals surface area contributed by atoms with Crippen molar-refractivity contribution in [2.75, 3.05) is 6.61 Å². The predicted octanol–water partition coefficient (Wildman–Crippen LogP) is 1.70. The number of halogens is 2. The lowest BCUT2D eigenvalue weighted by Gasteiger charge is -2.14. The SMILES string of the molecule is O=C1COCc2nc(F)c(Br)cc21. The van der Waals surface area contributed by atoms with Gasteiger partial charge in [0, 0.05) is 5.56 Å². The second-order valence-electron chi connectivity index (χ2n) is 2.67. The topological polar surface area (TPSA) is 39.2 Å². The molecule has 0 spiro atoms. The lowest BCUT2D eigenvalue weighted by Crippen LogP contribution is -2.20. The van der Waals surface area contributed by atoms with Crippen LogP contribution >= 0.6 is 15.9 Å². The number of rotatable bonds is 0. The molecule has 3 nitrogen and oxygen atoms in total. The van der Waals surface area contributed by atoms with Gasteiger partial charge in [-0.2, -0.15) is 4.39 Å². The van der Waals surface area contributed by atoms with Crippen LogP contribution in [0.2, 0.25) is 0 Å². The van der Waals surface area contributed by atoms with Crippen LogP contribution in [0, 0.1) is 5.95 Å². The third kappa shape index (κ3) is 1.49. The van der Waals surface area contributed by atoms with Crippen molar-refractivity contribution in [1.82, 2.24) is 4.98 Å². The number of ether oxygens (including phenoxy) is 1. The largest absolute Gasteiger partial charge is 0.367 e. The van der Waals surface area contributed by atoms with Crippen molar-refractivity contribution < 1.29 is 13.9 Å². The maximum Gasteiger partial charge on any atom is 0.227 e. The summed E-state index contributed by atoms with van der Waals surface area (Å²) in [6.45, 7) is 0.248. The van der Waals surface area contributed by atoms with Gasteiger partial charge in [-0.1, -0.05) is 0 Å². The summed E-state index contributed by atoms with van der Waals surface area (Å²) in [4.78, 5) is 14.8. The van der Waals surface area contributed by atoms with Crippen LogP contribution in [0.1, 0.15) is 16.1 Å². The van der Waals surface area contributed by atoms with E-state index in [-0.39, 0.29) is 23.5 Å². The van der Waals surface area contributed by atoms with Crippen LogP contribution in [0.25, 0.3) is 0 Å². The lowest BCUT2D eigenvalue weighted by molar-refractivity contribution is 0.0652. The molecule has 2 rings (SSSR count). The van der Waals surface area contributed by atoms with Crippen LogP contribution in [0.4, 0.5) is 4.39 Å². The molecule has 0 saturated carbocycles. The summed E-state index contributed by atoms with van der Waals surface area (Å²) < 4.78 is 18.0. The lowest BCUT2D eigenvalue weighted by atomic mass is 10.1. The van der Waals surface area contributed by atoms with Crippen LogP contribution in [0.15, 0.2) is 10.5 Å². The summed E-state index contributed by atoms with van der Waals surface area (Å²) in [6, 6.07) is 1.45. The fourth-order valence-electron chi connectivity index (χ4n) is 1.17. The van der Waals surface area contributed by atoms with Crippen molar-refractivity contribution >= 4 is 21.7 Å². The molecule has 0 radical (unpaired) electrons. The molecule has 0 amide bonds. The number of carbonyl (C=O) groups is 1. The highest BCUT2D eigenvalue weighted by Gasteiger charge is 2.20. The van der Waals surface area contributed by atoms with Crippen LogP contribution in [0.3, 0.4) is 0 Å². The molecule has 0 saturated heterocycles. The van der Waals surface area contributed by atoms with Gasteiger partial charge in [0.2, 0.25) is 5.95 Å². The van der Waals surface area contributed by atoms with Crippen molar-refractivity contribution in [2.24, 2.45) is 0 Å². The molecule has 0 aromatic carbocycles. The molecule has 1 aliphatic heterocycles. The first-order chi connectivity index (χ1) is 6.18. The Morgan fingerprint density at radius 1 is 1.54 bits per heavy atom. The first kappa shape index (κ1) is 8.77. The van der Waals surface area contributed by atoms with E-state index in [0.717, 1.165) is 0 Å². The maximum atomic E-state index is 12.9. The van der Waals surface area contributed by atoms with Crippen molar-refractivity contribution in [2.45, 2.75) is 6.61 Å². The Kier molecular flexibility index (Phi) is 2.13. The van der Waals surface area contributed by atoms with Crippen LogP contribution in [0.5, 0.6) is 0 Å². The zero-order valence-electron chi connectivity index (χ0n) is 6.51. The van der Waals surface area contributed by atoms with Gasteiger partial charge in [-0.05, 0) is 22.0 Å². The van der Waals surface area contributed by atoms with Crippen molar-refractivity contribution in [3.05, 3.63) is 27.7 Å². The summed E-state index contributed by atoms with van der Waals surface area (Å²) in [5, 5.41) is 0. The first-order valence-corrected chi connectivity index (χ1v) is 4.43. The number of hydrogen-bond acceptors (Lipinski definition) is 3. The van der Waals surface area contributed by atoms with E-state index in [4.69, 9.17) is 4.74 Å². The number of pyridine rings is 1. The second-order valence-corrected chi connectivity index (χ2v) is 3.53. The highest BCUT2D eigenvalue weighted by Crippen LogP contribution is 2.21. The number of aromatic nitrogens is 1. The molecule has 0 unspecified atom stereocenters. The molecule has 5 heteroatoms. The van der Waals surface area contributed by atoms with E-state index in [1.807, 2.05) is 0 Å². The third-order valence-electron chi connectivity index (χ3n) is 1.78. The molecule has 0 bridgehead atoms. The number of Topliss-reactive ketones (excluding diaryl/α,β-unsaturated/α-hetero) is 1. The number of carbonyl (C=O) groups excluding carboxylic acids is 1. The normalized spacial score (nSPS) is 15.7. The second kappa shape index (κ2) is 3.16. The predicted molar refractivity (Wildman–Crippen MR) is 45.9 cm³/mol. The average molecular weight is 246 g/mol. The van der Waals surface area contributed by atoms with E-state index < -0.39 is 5.95 Å². The molecule has 1 aromatic heterocycles. The van der Waals surface area contributed by atoms with Gasteiger partial charge in [-0.15, -0.1) is 0 Å². The van der Waals surface area contributed by atoms with Crippen molar-refractivity contribution in [3.63, 3.8) is 0 Å². The quantitative estimate of drug-likeness (QED) is 0.654. The van der Waals surface area contributed by atoms with E-state index in [2.05, 4.69) is 20.9 Å². The molecular formula is C8H5BrFNO2. The van der Waals surface area contributed by atoms with Gasteiger partial charge in [0.1, 0.15) is 6.61 Å². The number of ketones is 1. The fourth-order valence-corrected chi connectivity index (χ4v) is 1.49. The van der Waals surface area contributed by atoms with Crippen molar-refractivity contribution in [1.29, 1.82) is 0 Å². The van der Waals surface area contributed by atoms with E-state index in [1.54, 1.807) is 0 Å². The Morgan fingerprint density at radius 2 is 2.31 bits per heavy atom. The van der Waals surface area contributed by atoms with Crippen LogP contribution in [-0.4, -0.2) is 17.4 Å². The Morgan fingerprint density at radius 3 is 3.08 bits per heavy atom. The molecule has 1 aliphatic rings. The van der Waals surface area contributed by atoms with Gasteiger partial charge < -0.3 is 4.74 Å². The summed E-state index contributed by atoms with van der Waals surface area (Å²) in [5.74, 6) is -0.772. The molecule has 0 N–H and O–H groups in total. The van der Waals surface area contributed by atoms with Gasteiger partial charge in [0.25, 0.3) is 0 Å². The Labute approximate surface area is 82.0 Å². The summed E-state index contributed by atoms with van der Waals surface area (Å²) >= 11 is 2.97. The minimum atomic E-state index is -0.614. The van der Waals surface area contributed by atoms with Gasteiger partial charge in [-0.3, -0.25) is 4.79 Å². The van der Waals surface area contributed by atoms with E-state index >= 15 is 0 Å². The maximum absolute atomic E-state index is 12.9. The van der Waals surface area contributed by atoms with Gasteiger partial charge >= 0.3 is 0 Å². The minimum Gasteiger partial charge on any atom is -0.367 e. The molecule has 68 valence electrons.